The first kappa shape index (κ1) is 17.1. The van der Waals surface area contributed by atoms with Crippen LogP contribution >= 0.6 is 0 Å². The summed E-state index contributed by atoms with van der Waals surface area (Å²) >= 11 is 0. The van der Waals surface area contributed by atoms with Crippen LogP contribution in [0.2, 0.25) is 0 Å². The Balaban J connectivity index is 1.52. The first-order valence-corrected chi connectivity index (χ1v) is 8.80. The van der Waals surface area contributed by atoms with E-state index in [0.29, 0.717) is 17.3 Å². The number of nitrogens with one attached hydrogen (secondary N) is 2. The van der Waals surface area contributed by atoms with Crippen LogP contribution in [0.25, 0.3) is 11.5 Å². The SMILES string of the molecule is O=C(CNc1nc(-c2ccccn2)nc2c1CCC2)Nc1ccccc1F. The number of halogens is 1. The fourth-order valence-electron chi connectivity index (χ4n) is 3.11. The van der Waals surface area contributed by atoms with Crippen molar-refractivity contribution in [2.75, 3.05) is 17.2 Å². The quantitative estimate of drug-likeness (QED) is 0.728. The van der Waals surface area contributed by atoms with E-state index >= 15 is 0 Å². The number of carbonyl (C=O) groups excluding carboxylic acids is 1. The molecule has 0 bridgehead atoms. The molecule has 4 rings (SSSR count). The van der Waals surface area contributed by atoms with Crippen LogP contribution in [-0.2, 0) is 17.6 Å². The summed E-state index contributed by atoms with van der Waals surface area (Å²) in [6, 6.07) is 11.6. The Kier molecular flexibility index (Phi) is 4.74. The van der Waals surface area contributed by atoms with Crippen molar-refractivity contribution in [3.63, 3.8) is 0 Å². The van der Waals surface area contributed by atoms with Gasteiger partial charge in [-0.05, 0) is 43.5 Å². The Bertz CT molecular complexity index is 977. The molecule has 0 fully saturated rings. The number of hydrogen-bond donors (Lipinski definition) is 2. The minimum absolute atomic E-state index is 0.0144. The fraction of sp³-hybridized carbons (Fsp3) is 0.200. The molecular formula is C20H18FN5O. The first-order chi connectivity index (χ1) is 13.2. The molecule has 1 aromatic carbocycles. The van der Waals surface area contributed by atoms with Crippen LogP contribution in [0.3, 0.4) is 0 Å². The molecular weight excluding hydrogens is 345 g/mol. The number of anilines is 2. The smallest absolute Gasteiger partial charge is 0.243 e. The second-order valence-corrected chi connectivity index (χ2v) is 6.27. The summed E-state index contributed by atoms with van der Waals surface area (Å²) in [4.78, 5) is 25.7. The third-order valence-electron chi connectivity index (χ3n) is 4.39. The number of hydrogen-bond acceptors (Lipinski definition) is 5. The van der Waals surface area contributed by atoms with E-state index in [0.717, 1.165) is 30.5 Å². The molecule has 3 aromatic rings. The van der Waals surface area contributed by atoms with Crippen LogP contribution in [0.5, 0.6) is 0 Å². The van der Waals surface area contributed by atoms with E-state index in [4.69, 9.17) is 0 Å². The lowest BCUT2D eigenvalue weighted by molar-refractivity contribution is -0.114. The molecule has 0 radical (unpaired) electrons. The summed E-state index contributed by atoms with van der Waals surface area (Å²) in [5.41, 5.74) is 2.87. The van der Waals surface area contributed by atoms with E-state index < -0.39 is 5.82 Å². The van der Waals surface area contributed by atoms with E-state index in [1.165, 1.54) is 12.1 Å². The molecule has 2 aromatic heterocycles. The number of aromatic nitrogens is 3. The molecule has 27 heavy (non-hydrogen) atoms. The van der Waals surface area contributed by atoms with Crippen LogP contribution in [0.15, 0.2) is 48.7 Å². The highest BCUT2D eigenvalue weighted by atomic mass is 19.1. The average Bonchev–Trinajstić information content (AvgIpc) is 3.17. The van der Waals surface area contributed by atoms with Crippen LogP contribution < -0.4 is 10.6 Å². The van der Waals surface area contributed by atoms with Gasteiger partial charge in [0, 0.05) is 17.5 Å². The van der Waals surface area contributed by atoms with Gasteiger partial charge in [-0.1, -0.05) is 18.2 Å². The van der Waals surface area contributed by atoms with Gasteiger partial charge in [0.1, 0.15) is 17.3 Å². The highest BCUT2D eigenvalue weighted by Crippen LogP contribution is 2.28. The number of benzene rings is 1. The Labute approximate surface area is 155 Å². The number of amides is 1. The van der Waals surface area contributed by atoms with E-state index in [1.54, 1.807) is 18.3 Å². The Hall–Kier alpha value is -3.35. The van der Waals surface area contributed by atoms with Gasteiger partial charge in [0.2, 0.25) is 5.91 Å². The van der Waals surface area contributed by atoms with Crippen molar-refractivity contribution in [2.45, 2.75) is 19.3 Å². The highest BCUT2D eigenvalue weighted by molar-refractivity contribution is 5.93. The number of aryl methyl sites for hydroxylation is 1. The summed E-state index contributed by atoms with van der Waals surface area (Å²) in [5, 5.41) is 5.64. The average molecular weight is 363 g/mol. The maximum Gasteiger partial charge on any atom is 0.243 e. The van der Waals surface area contributed by atoms with Gasteiger partial charge < -0.3 is 10.6 Å². The number of pyridine rings is 1. The molecule has 1 amide bonds. The van der Waals surface area contributed by atoms with E-state index in [2.05, 4.69) is 25.6 Å². The molecule has 0 unspecified atom stereocenters. The molecule has 6 nitrogen and oxygen atoms in total. The van der Waals surface area contributed by atoms with Crippen molar-refractivity contribution in [3.05, 3.63) is 65.7 Å². The molecule has 0 atom stereocenters. The van der Waals surface area contributed by atoms with Gasteiger partial charge in [0.25, 0.3) is 0 Å². The van der Waals surface area contributed by atoms with Crippen LogP contribution in [-0.4, -0.2) is 27.4 Å². The van der Waals surface area contributed by atoms with E-state index in [-0.39, 0.29) is 18.1 Å². The fourth-order valence-corrected chi connectivity index (χ4v) is 3.11. The standard InChI is InChI=1S/C20H18FN5O/c21-14-7-1-2-8-16(14)24-18(27)12-23-19-13-6-5-10-15(13)25-20(26-19)17-9-3-4-11-22-17/h1-4,7-9,11H,5-6,10,12H2,(H,24,27)(H,23,25,26). The van der Waals surface area contributed by atoms with Crippen molar-refractivity contribution in [2.24, 2.45) is 0 Å². The maximum atomic E-state index is 13.7. The maximum absolute atomic E-state index is 13.7. The topological polar surface area (TPSA) is 79.8 Å². The molecule has 2 heterocycles. The molecule has 1 aliphatic rings. The monoisotopic (exact) mass is 363 g/mol. The van der Waals surface area contributed by atoms with Crippen molar-refractivity contribution in [1.82, 2.24) is 15.0 Å². The number of para-hydroxylation sites is 1. The van der Waals surface area contributed by atoms with Gasteiger partial charge in [0.15, 0.2) is 5.82 Å². The van der Waals surface area contributed by atoms with Gasteiger partial charge in [-0.25, -0.2) is 14.4 Å². The summed E-state index contributed by atoms with van der Waals surface area (Å²) in [7, 11) is 0. The molecule has 1 aliphatic carbocycles. The lowest BCUT2D eigenvalue weighted by atomic mass is 10.2. The second-order valence-electron chi connectivity index (χ2n) is 6.27. The largest absolute Gasteiger partial charge is 0.361 e. The van der Waals surface area contributed by atoms with Crippen LogP contribution in [0.4, 0.5) is 15.9 Å². The molecule has 7 heteroatoms. The Morgan fingerprint density at radius 2 is 1.93 bits per heavy atom. The number of fused-ring (bicyclic) bond motifs is 1. The molecule has 2 N–H and O–H groups in total. The van der Waals surface area contributed by atoms with E-state index in [1.807, 2.05) is 18.2 Å². The van der Waals surface area contributed by atoms with Gasteiger partial charge in [-0.15, -0.1) is 0 Å². The Morgan fingerprint density at radius 1 is 1.07 bits per heavy atom. The van der Waals surface area contributed by atoms with Crippen molar-refractivity contribution in [3.8, 4) is 11.5 Å². The van der Waals surface area contributed by atoms with Crippen LogP contribution in [0, 0.1) is 5.82 Å². The summed E-state index contributed by atoms with van der Waals surface area (Å²) in [5.74, 6) is 0.367. The lowest BCUT2D eigenvalue weighted by Gasteiger charge is -2.12. The third-order valence-corrected chi connectivity index (χ3v) is 4.39. The van der Waals surface area contributed by atoms with Crippen molar-refractivity contribution < 1.29 is 9.18 Å². The zero-order valence-corrected chi connectivity index (χ0v) is 14.6. The van der Waals surface area contributed by atoms with Gasteiger partial charge in [-0.3, -0.25) is 9.78 Å². The predicted molar refractivity (Wildman–Crippen MR) is 101 cm³/mol. The zero-order chi connectivity index (χ0) is 18.6. The number of rotatable bonds is 5. The predicted octanol–water partition coefficient (Wildman–Crippen LogP) is 3.22. The summed E-state index contributed by atoms with van der Waals surface area (Å²) < 4.78 is 13.7. The second kappa shape index (κ2) is 7.49. The molecule has 0 saturated heterocycles. The third kappa shape index (κ3) is 3.76. The highest BCUT2D eigenvalue weighted by Gasteiger charge is 2.20. The van der Waals surface area contributed by atoms with Gasteiger partial charge >= 0.3 is 0 Å². The summed E-state index contributed by atoms with van der Waals surface area (Å²) in [6.07, 6.45) is 4.45. The lowest BCUT2D eigenvalue weighted by Crippen LogP contribution is -2.23. The van der Waals surface area contributed by atoms with Crippen molar-refractivity contribution in [1.29, 1.82) is 0 Å². The normalized spacial score (nSPS) is 12.5. The Morgan fingerprint density at radius 3 is 2.74 bits per heavy atom. The molecule has 0 saturated carbocycles. The van der Waals surface area contributed by atoms with Gasteiger partial charge in [0.05, 0.1) is 12.2 Å². The minimum atomic E-state index is -0.466. The summed E-state index contributed by atoms with van der Waals surface area (Å²) in [6.45, 7) is -0.0144. The number of nitrogens with zero attached hydrogens (tertiary/aromatic N) is 3. The van der Waals surface area contributed by atoms with Gasteiger partial charge in [-0.2, -0.15) is 0 Å². The number of carbonyl (C=O) groups is 1. The molecule has 0 aliphatic heterocycles. The van der Waals surface area contributed by atoms with E-state index in [9.17, 15) is 9.18 Å². The molecule has 136 valence electrons. The first-order valence-electron chi connectivity index (χ1n) is 8.80. The zero-order valence-electron chi connectivity index (χ0n) is 14.6. The van der Waals surface area contributed by atoms with Crippen LogP contribution in [0.1, 0.15) is 17.7 Å². The van der Waals surface area contributed by atoms with Crippen molar-refractivity contribution >= 4 is 17.4 Å². The molecule has 0 spiro atoms. The minimum Gasteiger partial charge on any atom is -0.361 e.